The van der Waals surface area contributed by atoms with Crippen LogP contribution in [0.1, 0.15) is 34.8 Å². The molecule has 0 fully saturated rings. The number of hydrazine groups is 1. The molecule has 26 heavy (non-hydrogen) atoms. The second kappa shape index (κ2) is 8.62. The van der Waals surface area contributed by atoms with Crippen LogP contribution in [0.25, 0.3) is 0 Å². The topological polar surface area (TPSA) is 92.3 Å². The van der Waals surface area contributed by atoms with Crippen LogP contribution in [-0.4, -0.2) is 26.5 Å². The van der Waals surface area contributed by atoms with Crippen LogP contribution in [0, 0.1) is 0 Å². The summed E-state index contributed by atoms with van der Waals surface area (Å²) in [5.74, 6) is -0.809. The van der Waals surface area contributed by atoms with Gasteiger partial charge < -0.3 is 0 Å². The summed E-state index contributed by atoms with van der Waals surface area (Å²) in [6.45, 7) is 2.08. The zero-order valence-corrected chi connectivity index (χ0v) is 15.6. The number of amides is 2. The second-order valence-corrected chi connectivity index (χ2v) is 7.98. The van der Waals surface area contributed by atoms with Crippen molar-refractivity contribution in [2.45, 2.75) is 31.1 Å². The van der Waals surface area contributed by atoms with E-state index in [1.807, 2.05) is 24.3 Å². The number of aryl methyl sites for hydroxylation is 2. The van der Waals surface area contributed by atoms with E-state index in [-0.39, 0.29) is 22.8 Å². The van der Waals surface area contributed by atoms with E-state index < -0.39 is 15.7 Å². The van der Waals surface area contributed by atoms with E-state index in [0.717, 1.165) is 18.2 Å². The third kappa shape index (κ3) is 5.70. The van der Waals surface area contributed by atoms with Gasteiger partial charge in [-0.2, -0.15) is 0 Å². The molecule has 0 bridgehead atoms. The lowest BCUT2D eigenvalue weighted by Crippen LogP contribution is -2.41. The molecule has 0 aliphatic carbocycles. The van der Waals surface area contributed by atoms with Gasteiger partial charge in [-0.3, -0.25) is 20.4 Å². The minimum absolute atomic E-state index is 0.132. The van der Waals surface area contributed by atoms with Gasteiger partial charge in [0.05, 0.1) is 4.90 Å². The van der Waals surface area contributed by atoms with Gasteiger partial charge in [0.1, 0.15) is 0 Å². The molecule has 0 heterocycles. The Kier molecular flexibility index (Phi) is 6.52. The van der Waals surface area contributed by atoms with Crippen molar-refractivity contribution in [1.82, 2.24) is 10.9 Å². The van der Waals surface area contributed by atoms with Gasteiger partial charge in [0.25, 0.3) is 5.91 Å². The molecule has 0 spiro atoms. The Morgan fingerprint density at radius 1 is 0.885 bits per heavy atom. The minimum Gasteiger partial charge on any atom is -0.273 e. The van der Waals surface area contributed by atoms with Gasteiger partial charge in [-0.05, 0) is 48.2 Å². The summed E-state index contributed by atoms with van der Waals surface area (Å²) >= 11 is 0. The number of hydrogen-bond donors (Lipinski definition) is 2. The number of benzene rings is 2. The van der Waals surface area contributed by atoms with Gasteiger partial charge in [-0.25, -0.2) is 8.42 Å². The normalized spacial score (nSPS) is 11.0. The Bertz CT molecular complexity index is 873. The van der Waals surface area contributed by atoms with Crippen molar-refractivity contribution < 1.29 is 18.0 Å². The van der Waals surface area contributed by atoms with E-state index in [0.29, 0.717) is 6.42 Å². The highest BCUT2D eigenvalue weighted by molar-refractivity contribution is 7.90. The van der Waals surface area contributed by atoms with Gasteiger partial charge in [-0.15, -0.1) is 0 Å². The molecule has 0 saturated carbocycles. The van der Waals surface area contributed by atoms with E-state index in [1.165, 1.54) is 29.8 Å². The molecular formula is C19H22N2O4S. The molecule has 2 aromatic carbocycles. The molecule has 7 heteroatoms. The van der Waals surface area contributed by atoms with Gasteiger partial charge in [-0.1, -0.05) is 31.2 Å². The van der Waals surface area contributed by atoms with Gasteiger partial charge in [0.15, 0.2) is 9.84 Å². The summed E-state index contributed by atoms with van der Waals surface area (Å²) in [4.78, 5) is 24.0. The number of hydrogen-bond acceptors (Lipinski definition) is 4. The molecule has 0 aliphatic heterocycles. The highest BCUT2D eigenvalue weighted by Crippen LogP contribution is 2.10. The highest BCUT2D eigenvalue weighted by Gasteiger charge is 2.10. The molecule has 2 rings (SSSR count). The van der Waals surface area contributed by atoms with Crippen molar-refractivity contribution in [3.8, 4) is 0 Å². The summed E-state index contributed by atoms with van der Waals surface area (Å²) in [6, 6.07) is 13.6. The molecule has 6 nitrogen and oxygen atoms in total. The van der Waals surface area contributed by atoms with Crippen molar-refractivity contribution >= 4 is 21.7 Å². The van der Waals surface area contributed by atoms with Crippen molar-refractivity contribution in [2.24, 2.45) is 0 Å². The number of carbonyl (C=O) groups excluding carboxylic acids is 2. The molecule has 0 unspecified atom stereocenters. The average Bonchev–Trinajstić information content (AvgIpc) is 2.64. The predicted molar refractivity (Wildman–Crippen MR) is 99.3 cm³/mol. The summed E-state index contributed by atoms with van der Waals surface area (Å²) in [6.07, 6.45) is 2.89. The van der Waals surface area contributed by atoms with Crippen LogP contribution in [0.2, 0.25) is 0 Å². The molecule has 0 radical (unpaired) electrons. The molecule has 0 atom stereocenters. The minimum atomic E-state index is -3.31. The molecular weight excluding hydrogens is 352 g/mol. The third-order valence-electron chi connectivity index (χ3n) is 3.93. The van der Waals surface area contributed by atoms with Crippen LogP contribution in [0.5, 0.6) is 0 Å². The van der Waals surface area contributed by atoms with Crippen LogP contribution in [0.3, 0.4) is 0 Å². The first-order chi connectivity index (χ1) is 12.3. The van der Waals surface area contributed by atoms with E-state index >= 15 is 0 Å². The lowest BCUT2D eigenvalue weighted by atomic mass is 10.1. The fourth-order valence-corrected chi connectivity index (χ4v) is 2.94. The maximum Gasteiger partial charge on any atom is 0.269 e. The Hall–Kier alpha value is -2.67. The summed E-state index contributed by atoms with van der Waals surface area (Å²) in [5, 5.41) is 0. The van der Waals surface area contributed by atoms with E-state index in [4.69, 9.17) is 0 Å². The van der Waals surface area contributed by atoms with Crippen molar-refractivity contribution in [1.29, 1.82) is 0 Å². The fourth-order valence-electron chi connectivity index (χ4n) is 2.31. The average molecular weight is 374 g/mol. The number of rotatable bonds is 6. The summed E-state index contributed by atoms with van der Waals surface area (Å²) in [5.41, 5.74) is 7.24. The van der Waals surface area contributed by atoms with Crippen LogP contribution in [-0.2, 0) is 27.5 Å². The third-order valence-corrected chi connectivity index (χ3v) is 5.06. The maximum atomic E-state index is 12.0. The molecule has 2 amide bonds. The van der Waals surface area contributed by atoms with Gasteiger partial charge in [0.2, 0.25) is 5.91 Å². The van der Waals surface area contributed by atoms with Crippen LogP contribution in [0.15, 0.2) is 53.4 Å². The fraction of sp³-hybridized carbons (Fsp3) is 0.263. The van der Waals surface area contributed by atoms with Gasteiger partial charge in [0, 0.05) is 18.2 Å². The Balaban J connectivity index is 1.81. The van der Waals surface area contributed by atoms with Crippen LogP contribution >= 0.6 is 0 Å². The monoisotopic (exact) mass is 374 g/mol. The van der Waals surface area contributed by atoms with E-state index in [1.54, 1.807) is 0 Å². The highest BCUT2D eigenvalue weighted by atomic mass is 32.2. The first kappa shape index (κ1) is 19.7. The van der Waals surface area contributed by atoms with Gasteiger partial charge >= 0.3 is 0 Å². The largest absolute Gasteiger partial charge is 0.273 e. The lowest BCUT2D eigenvalue weighted by Gasteiger charge is -2.08. The number of sulfone groups is 1. The SMILES string of the molecule is CCc1ccc(CCC(=O)NNC(=O)c2ccc(S(C)(=O)=O)cc2)cc1. The first-order valence-electron chi connectivity index (χ1n) is 8.26. The zero-order chi connectivity index (χ0) is 19.2. The number of carbonyl (C=O) groups is 2. The quantitative estimate of drug-likeness (QED) is 0.757. The maximum absolute atomic E-state index is 12.0. The molecule has 0 saturated heterocycles. The second-order valence-electron chi connectivity index (χ2n) is 5.97. The van der Waals surface area contributed by atoms with Crippen molar-refractivity contribution in [2.75, 3.05) is 6.26 Å². The summed E-state index contributed by atoms with van der Waals surface area (Å²) in [7, 11) is -3.31. The first-order valence-corrected chi connectivity index (χ1v) is 10.2. The standard InChI is InChI=1S/C19H22N2O4S/c1-3-14-4-6-15(7-5-14)8-13-18(22)20-21-19(23)16-9-11-17(12-10-16)26(2,24)25/h4-7,9-12H,3,8,13H2,1-2H3,(H,20,22)(H,21,23). The number of nitrogens with one attached hydrogen (secondary N) is 2. The molecule has 138 valence electrons. The predicted octanol–water partition coefficient (Wildman–Crippen LogP) is 2.05. The van der Waals surface area contributed by atoms with Crippen molar-refractivity contribution in [3.63, 3.8) is 0 Å². The Labute approximate surface area is 153 Å². The van der Waals surface area contributed by atoms with Crippen molar-refractivity contribution in [3.05, 3.63) is 65.2 Å². The molecule has 2 N–H and O–H groups in total. The van der Waals surface area contributed by atoms with E-state index in [2.05, 4.69) is 17.8 Å². The Morgan fingerprint density at radius 2 is 1.46 bits per heavy atom. The molecule has 2 aromatic rings. The summed E-state index contributed by atoms with van der Waals surface area (Å²) < 4.78 is 22.8. The lowest BCUT2D eigenvalue weighted by molar-refractivity contribution is -0.121. The molecule has 0 aliphatic rings. The molecule has 0 aromatic heterocycles. The smallest absolute Gasteiger partial charge is 0.269 e. The Morgan fingerprint density at radius 3 is 2.00 bits per heavy atom. The van der Waals surface area contributed by atoms with Crippen LogP contribution < -0.4 is 10.9 Å². The van der Waals surface area contributed by atoms with Crippen LogP contribution in [0.4, 0.5) is 0 Å². The van der Waals surface area contributed by atoms with E-state index in [9.17, 15) is 18.0 Å². The zero-order valence-electron chi connectivity index (χ0n) is 14.8.